The van der Waals surface area contributed by atoms with E-state index in [1.54, 1.807) is 12.1 Å². The van der Waals surface area contributed by atoms with Gasteiger partial charge in [-0.05, 0) is 58.0 Å². The van der Waals surface area contributed by atoms with Crippen LogP contribution in [0.1, 0.15) is 25.7 Å². The Balaban J connectivity index is 0.000000239. The third kappa shape index (κ3) is 9.21. The number of piperidine rings is 2. The number of aliphatic hydroxyl groups is 1. The lowest BCUT2D eigenvalue weighted by molar-refractivity contribution is -0.387. The molecule has 0 bridgehead atoms. The second kappa shape index (κ2) is 14.5. The van der Waals surface area contributed by atoms with Gasteiger partial charge in [-0.25, -0.2) is 4.39 Å². The lowest BCUT2D eigenvalue weighted by Crippen LogP contribution is -2.35. The van der Waals surface area contributed by atoms with Crippen molar-refractivity contribution in [3.8, 4) is 11.5 Å². The molecule has 2 fully saturated rings. The minimum atomic E-state index is -0.856. The van der Waals surface area contributed by atoms with Crippen LogP contribution in [-0.2, 0) is 0 Å². The number of nitro benzene ring substituents is 1. The number of nitrogens with two attached hydrogens (primary N) is 1. The summed E-state index contributed by atoms with van der Waals surface area (Å²) >= 11 is 0. The molecule has 0 aromatic heterocycles. The Hall–Kier alpha value is -3.02. The van der Waals surface area contributed by atoms with Crippen molar-refractivity contribution in [2.75, 3.05) is 53.1 Å². The Morgan fingerprint density at radius 3 is 1.67 bits per heavy atom. The molecule has 2 aliphatic heterocycles. The van der Waals surface area contributed by atoms with E-state index in [4.69, 9.17) is 20.3 Å². The predicted molar refractivity (Wildman–Crippen MR) is 134 cm³/mol. The van der Waals surface area contributed by atoms with Crippen LogP contribution in [0.2, 0.25) is 0 Å². The Morgan fingerprint density at radius 2 is 1.28 bits per heavy atom. The molecular formula is C25H36F2N4O5. The van der Waals surface area contributed by atoms with Gasteiger partial charge in [0.05, 0.1) is 10.6 Å². The maximum atomic E-state index is 13.4. The topological polar surface area (TPSA) is 114 Å². The largest absolute Gasteiger partial charge is 0.490 e. The second-order valence-corrected chi connectivity index (χ2v) is 8.79. The van der Waals surface area contributed by atoms with Crippen molar-refractivity contribution in [3.63, 3.8) is 0 Å². The zero-order valence-electron chi connectivity index (χ0n) is 21.0. The second-order valence-electron chi connectivity index (χ2n) is 8.79. The van der Waals surface area contributed by atoms with Gasteiger partial charge in [0, 0.05) is 51.5 Å². The van der Waals surface area contributed by atoms with Crippen LogP contribution in [-0.4, -0.2) is 79.4 Å². The Labute approximate surface area is 210 Å². The summed E-state index contributed by atoms with van der Waals surface area (Å²) in [5, 5.41) is 17.5. The number of rotatable bonds is 5. The van der Waals surface area contributed by atoms with Gasteiger partial charge < -0.3 is 30.1 Å². The summed E-state index contributed by atoms with van der Waals surface area (Å²) in [5.74, 6) is -0.343. The van der Waals surface area contributed by atoms with Crippen molar-refractivity contribution in [3.05, 3.63) is 58.1 Å². The standard InChI is InChI=1S/C12H15FN2O3.C12H17FN2O.CH4O/c1-14-6-4-9(5-7-14)18-10-2-3-12(15(16)17)11(13)8-10;1-15-6-4-9(5-7-15)16-10-2-3-12(14)11(13)8-10;1-2/h2-3,8-9H,4-7H2,1H3;2-3,8-9H,4-7,14H2,1H3;2H,1H3. The molecule has 0 aliphatic carbocycles. The fraction of sp³-hybridized carbons (Fsp3) is 0.520. The minimum Gasteiger partial charge on any atom is -0.490 e. The third-order valence-corrected chi connectivity index (χ3v) is 6.02. The van der Waals surface area contributed by atoms with Gasteiger partial charge in [0.1, 0.15) is 29.5 Å². The van der Waals surface area contributed by atoms with E-state index in [-0.39, 0.29) is 17.9 Å². The zero-order valence-corrected chi connectivity index (χ0v) is 21.0. The van der Waals surface area contributed by atoms with E-state index >= 15 is 0 Å². The molecule has 36 heavy (non-hydrogen) atoms. The molecule has 2 aromatic carbocycles. The summed E-state index contributed by atoms with van der Waals surface area (Å²) in [4.78, 5) is 14.2. The highest BCUT2D eigenvalue weighted by atomic mass is 19.1. The molecule has 2 aromatic rings. The van der Waals surface area contributed by atoms with Gasteiger partial charge in [-0.15, -0.1) is 0 Å². The summed E-state index contributed by atoms with van der Waals surface area (Å²) < 4.78 is 37.9. The van der Waals surface area contributed by atoms with E-state index < -0.39 is 22.2 Å². The fourth-order valence-corrected chi connectivity index (χ4v) is 3.88. The average molecular weight is 511 g/mol. The molecule has 0 amide bonds. The number of ether oxygens (including phenoxy) is 2. The highest BCUT2D eigenvalue weighted by molar-refractivity contribution is 5.43. The van der Waals surface area contributed by atoms with Crippen molar-refractivity contribution in [2.45, 2.75) is 37.9 Å². The first-order valence-electron chi connectivity index (χ1n) is 11.9. The Kier molecular flexibility index (Phi) is 11.8. The average Bonchev–Trinajstić information content (AvgIpc) is 2.86. The van der Waals surface area contributed by atoms with Crippen LogP contribution in [0.15, 0.2) is 36.4 Å². The van der Waals surface area contributed by atoms with Crippen LogP contribution in [0.4, 0.5) is 20.2 Å². The van der Waals surface area contributed by atoms with Crippen LogP contribution in [0.5, 0.6) is 11.5 Å². The Morgan fingerprint density at radius 1 is 0.861 bits per heavy atom. The van der Waals surface area contributed by atoms with E-state index in [2.05, 4.69) is 16.8 Å². The molecule has 0 spiro atoms. The van der Waals surface area contributed by atoms with E-state index in [1.807, 2.05) is 7.05 Å². The Bertz CT molecular complexity index is 965. The molecule has 2 aliphatic rings. The quantitative estimate of drug-likeness (QED) is 0.356. The number of anilines is 1. The monoisotopic (exact) mass is 510 g/mol. The maximum absolute atomic E-state index is 13.4. The number of nitrogens with zero attached hydrogens (tertiary/aromatic N) is 3. The first-order valence-corrected chi connectivity index (χ1v) is 11.9. The number of nitrogen functional groups attached to an aromatic ring is 1. The van der Waals surface area contributed by atoms with Crippen LogP contribution < -0.4 is 15.2 Å². The summed E-state index contributed by atoms with van der Waals surface area (Å²) in [6.45, 7) is 3.95. The van der Waals surface area contributed by atoms with Gasteiger partial charge in [-0.1, -0.05) is 0 Å². The molecular weight excluding hydrogens is 474 g/mol. The van der Waals surface area contributed by atoms with Crippen molar-refractivity contribution < 1.29 is 28.3 Å². The van der Waals surface area contributed by atoms with Crippen LogP contribution in [0.25, 0.3) is 0 Å². The molecule has 11 heteroatoms. The van der Waals surface area contributed by atoms with Gasteiger partial charge in [0.25, 0.3) is 0 Å². The molecule has 2 saturated heterocycles. The van der Waals surface area contributed by atoms with Crippen molar-refractivity contribution in [2.24, 2.45) is 0 Å². The molecule has 3 N–H and O–H groups in total. The molecule has 9 nitrogen and oxygen atoms in total. The maximum Gasteiger partial charge on any atom is 0.305 e. The number of likely N-dealkylation sites (tertiary alicyclic amines) is 2. The molecule has 0 unspecified atom stereocenters. The SMILES string of the molecule is CN1CCC(Oc2ccc(N)c(F)c2)CC1.CN1CCC(Oc2ccc([N+](=O)[O-])c(F)c2)CC1.CO. The fourth-order valence-electron chi connectivity index (χ4n) is 3.88. The van der Waals surface area contributed by atoms with E-state index in [1.165, 1.54) is 12.1 Å². The first-order chi connectivity index (χ1) is 17.2. The molecule has 200 valence electrons. The van der Waals surface area contributed by atoms with Gasteiger partial charge in [-0.2, -0.15) is 4.39 Å². The summed E-state index contributed by atoms with van der Waals surface area (Å²) in [5.41, 5.74) is 5.04. The van der Waals surface area contributed by atoms with Crippen molar-refractivity contribution in [1.82, 2.24) is 9.80 Å². The number of hydrogen-bond acceptors (Lipinski definition) is 8. The molecule has 4 rings (SSSR count). The number of hydrogen-bond donors (Lipinski definition) is 2. The van der Waals surface area contributed by atoms with Gasteiger partial charge in [0.15, 0.2) is 0 Å². The number of halogens is 2. The van der Waals surface area contributed by atoms with Crippen LogP contribution in [0.3, 0.4) is 0 Å². The van der Waals surface area contributed by atoms with Crippen molar-refractivity contribution >= 4 is 11.4 Å². The summed E-state index contributed by atoms with van der Waals surface area (Å²) in [6.07, 6.45) is 4.00. The van der Waals surface area contributed by atoms with E-state index in [0.29, 0.717) is 11.5 Å². The van der Waals surface area contributed by atoms with Gasteiger partial charge in [0.2, 0.25) is 5.82 Å². The molecule has 0 radical (unpaired) electrons. The molecule has 0 atom stereocenters. The molecule has 2 heterocycles. The van der Waals surface area contributed by atoms with Gasteiger partial charge in [-0.3, -0.25) is 10.1 Å². The predicted octanol–water partition coefficient (Wildman–Crippen LogP) is 3.70. The summed E-state index contributed by atoms with van der Waals surface area (Å²) in [6, 6.07) is 8.28. The third-order valence-electron chi connectivity index (χ3n) is 6.02. The highest BCUT2D eigenvalue weighted by Gasteiger charge is 2.20. The number of aliphatic hydroxyl groups excluding tert-OH is 1. The van der Waals surface area contributed by atoms with Gasteiger partial charge >= 0.3 is 5.69 Å². The number of benzene rings is 2. The zero-order chi connectivity index (χ0) is 26.7. The lowest BCUT2D eigenvalue weighted by atomic mass is 10.1. The van der Waals surface area contributed by atoms with Crippen LogP contribution >= 0.6 is 0 Å². The highest BCUT2D eigenvalue weighted by Crippen LogP contribution is 2.25. The number of nitro groups is 1. The smallest absolute Gasteiger partial charge is 0.305 e. The molecule has 0 saturated carbocycles. The normalized spacial score (nSPS) is 17.3. The lowest BCUT2D eigenvalue weighted by Gasteiger charge is -2.29. The minimum absolute atomic E-state index is 0.0575. The van der Waals surface area contributed by atoms with E-state index in [9.17, 15) is 18.9 Å². The van der Waals surface area contributed by atoms with Crippen LogP contribution in [0, 0.1) is 21.7 Å². The first kappa shape index (κ1) is 29.2. The van der Waals surface area contributed by atoms with Crippen molar-refractivity contribution in [1.29, 1.82) is 0 Å². The summed E-state index contributed by atoms with van der Waals surface area (Å²) in [7, 11) is 5.14. The van der Waals surface area contributed by atoms with E-state index in [0.717, 1.165) is 71.1 Å².